The SMILES string of the molecule is Cc1n[nH]c2nc(-c3ccc(NS(=O)(=O)c4ccccn4)cc3)nc(NCCN(C)CCO)c12. The highest BCUT2D eigenvalue weighted by molar-refractivity contribution is 7.92. The van der Waals surface area contributed by atoms with Gasteiger partial charge in [-0.2, -0.15) is 13.5 Å². The van der Waals surface area contributed by atoms with Crippen molar-refractivity contribution in [1.29, 1.82) is 0 Å². The van der Waals surface area contributed by atoms with Crippen molar-refractivity contribution in [3.63, 3.8) is 0 Å². The molecule has 0 saturated heterocycles. The summed E-state index contributed by atoms with van der Waals surface area (Å²) in [7, 11) is -1.84. The molecular weight excluding hydrogens is 456 g/mol. The fraction of sp³-hybridized carbons (Fsp3) is 0.273. The Bertz CT molecular complexity index is 1360. The number of H-pyrrole nitrogens is 1. The highest BCUT2D eigenvalue weighted by atomic mass is 32.2. The molecule has 4 aromatic rings. The molecule has 0 aliphatic carbocycles. The molecule has 0 atom stereocenters. The van der Waals surface area contributed by atoms with Crippen LogP contribution in [0.3, 0.4) is 0 Å². The lowest BCUT2D eigenvalue weighted by molar-refractivity contribution is 0.225. The predicted octanol–water partition coefficient (Wildman–Crippen LogP) is 1.86. The monoisotopic (exact) mass is 482 g/mol. The minimum absolute atomic E-state index is 0.0529. The fourth-order valence-corrected chi connectivity index (χ4v) is 4.39. The fourth-order valence-electron chi connectivity index (χ4n) is 3.38. The van der Waals surface area contributed by atoms with Gasteiger partial charge in [0.15, 0.2) is 16.5 Å². The largest absolute Gasteiger partial charge is 0.395 e. The van der Waals surface area contributed by atoms with E-state index in [1.54, 1.807) is 36.4 Å². The number of rotatable bonds is 10. The summed E-state index contributed by atoms with van der Waals surface area (Å²) in [4.78, 5) is 15.2. The first-order valence-corrected chi connectivity index (χ1v) is 12.2. The van der Waals surface area contributed by atoms with Gasteiger partial charge in [-0.15, -0.1) is 0 Å². The van der Waals surface area contributed by atoms with E-state index >= 15 is 0 Å². The standard InChI is InChI=1S/C22H26N8O3S/c1-15-19-21(24-11-12-30(2)13-14-31)25-20(26-22(19)28-27-15)16-6-8-17(9-7-16)29-34(32,33)18-5-3-4-10-23-18/h3-10,29,31H,11-14H2,1-2H3,(H2,24,25,26,27,28). The average molecular weight is 483 g/mol. The van der Waals surface area contributed by atoms with E-state index in [0.29, 0.717) is 36.1 Å². The van der Waals surface area contributed by atoms with Crippen LogP contribution in [0.2, 0.25) is 0 Å². The number of fused-ring (bicyclic) bond motifs is 1. The van der Waals surface area contributed by atoms with Gasteiger partial charge in [-0.25, -0.2) is 15.0 Å². The highest BCUT2D eigenvalue weighted by Crippen LogP contribution is 2.27. The number of hydrogen-bond donors (Lipinski definition) is 4. The van der Waals surface area contributed by atoms with E-state index in [4.69, 9.17) is 10.1 Å². The van der Waals surface area contributed by atoms with Crippen LogP contribution >= 0.6 is 0 Å². The number of sulfonamides is 1. The Labute approximate surface area is 197 Å². The Morgan fingerprint density at radius 1 is 1.09 bits per heavy atom. The summed E-state index contributed by atoms with van der Waals surface area (Å²) in [6.07, 6.45) is 1.43. The van der Waals surface area contributed by atoms with Crippen LogP contribution in [0.15, 0.2) is 53.7 Å². The lowest BCUT2D eigenvalue weighted by atomic mass is 10.2. The first-order valence-electron chi connectivity index (χ1n) is 10.7. The van der Waals surface area contributed by atoms with Crippen LogP contribution in [-0.2, 0) is 10.0 Å². The zero-order chi connectivity index (χ0) is 24.1. The smallest absolute Gasteiger partial charge is 0.279 e. The summed E-state index contributed by atoms with van der Waals surface area (Å²) in [5, 5.41) is 20.4. The van der Waals surface area contributed by atoms with E-state index in [1.807, 2.05) is 18.9 Å². The lowest BCUT2D eigenvalue weighted by Crippen LogP contribution is -2.28. The van der Waals surface area contributed by atoms with Crippen molar-refractivity contribution in [2.45, 2.75) is 11.9 Å². The van der Waals surface area contributed by atoms with E-state index in [0.717, 1.165) is 23.2 Å². The molecule has 0 spiro atoms. The molecule has 0 saturated carbocycles. The second kappa shape index (κ2) is 10.1. The molecule has 3 heterocycles. The molecule has 0 aliphatic rings. The molecule has 0 aliphatic heterocycles. The molecule has 0 fully saturated rings. The maximum Gasteiger partial charge on any atom is 0.279 e. The van der Waals surface area contributed by atoms with Crippen molar-refractivity contribution in [1.82, 2.24) is 30.0 Å². The van der Waals surface area contributed by atoms with Gasteiger partial charge in [-0.1, -0.05) is 6.07 Å². The molecule has 34 heavy (non-hydrogen) atoms. The maximum absolute atomic E-state index is 12.5. The van der Waals surface area contributed by atoms with E-state index < -0.39 is 10.0 Å². The molecule has 178 valence electrons. The number of anilines is 2. The van der Waals surface area contributed by atoms with Gasteiger partial charge in [-0.05, 0) is 50.4 Å². The molecule has 0 amide bonds. The van der Waals surface area contributed by atoms with Gasteiger partial charge in [0.05, 0.1) is 17.7 Å². The molecule has 3 aromatic heterocycles. The van der Waals surface area contributed by atoms with Crippen LogP contribution in [0.25, 0.3) is 22.4 Å². The second-order valence-corrected chi connectivity index (χ2v) is 9.36. The third kappa shape index (κ3) is 5.30. The Morgan fingerprint density at radius 2 is 1.88 bits per heavy atom. The number of aliphatic hydroxyl groups is 1. The third-order valence-electron chi connectivity index (χ3n) is 5.18. The van der Waals surface area contributed by atoms with Gasteiger partial charge in [0, 0.05) is 37.1 Å². The van der Waals surface area contributed by atoms with Gasteiger partial charge in [-0.3, -0.25) is 9.82 Å². The van der Waals surface area contributed by atoms with Crippen LogP contribution in [-0.4, -0.2) is 76.9 Å². The Balaban J connectivity index is 1.56. The van der Waals surface area contributed by atoms with Crippen molar-refractivity contribution in [2.24, 2.45) is 0 Å². The first kappa shape index (κ1) is 23.5. The van der Waals surface area contributed by atoms with Crippen molar-refractivity contribution in [2.75, 3.05) is 43.3 Å². The summed E-state index contributed by atoms with van der Waals surface area (Å²) in [5.74, 6) is 1.13. The normalized spacial score (nSPS) is 11.8. The van der Waals surface area contributed by atoms with Crippen molar-refractivity contribution in [3.8, 4) is 11.4 Å². The van der Waals surface area contributed by atoms with Crippen molar-refractivity contribution >= 4 is 32.6 Å². The number of nitrogens with one attached hydrogen (secondary N) is 3. The molecule has 4 rings (SSSR count). The summed E-state index contributed by atoms with van der Waals surface area (Å²) >= 11 is 0. The number of pyridine rings is 1. The Morgan fingerprint density at radius 3 is 2.59 bits per heavy atom. The van der Waals surface area contributed by atoms with Gasteiger partial charge in [0.2, 0.25) is 0 Å². The number of aromatic nitrogens is 5. The van der Waals surface area contributed by atoms with E-state index in [1.165, 1.54) is 12.3 Å². The number of benzene rings is 1. The highest BCUT2D eigenvalue weighted by Gasteiger charge is 2.17. The molecule has 0 bridgehead atoms. The van der Waals surface area contributed by atoms with Crippen LogP contribution in [0.5, 0.6) is 0 Å². The van der Waals surface area contributed by atoms with Crippen LogP contribution in [0, 0.1) is 6.92 Å². The summed E-state index contributed by atoms with van der Waals surface area (Å²) in [6, 6.07) is 11.5. The Kier molecular flexibility index (Phi) is 7.01. The average Bonchev–Trinajstić information content (AvgIpc) is 3.21. The van der Waals surface area contributed by atoms with Gasteiger partial charge in [0.1, 0.15) is 5.82 Å². The summed E-state index contributed by atoms with van der Waals surface area (Å²) in [6.45, 7) is 3.93. The quantitative estimate of drug-likeness (QED) is 0.266. The third-order valence-corrected chi connectivity index (χ3v) is 6.47. The minimum Gasteiger partial charge on any atom is -0.395 e. The summed E-state index contributed by atoms with van der Waals surface area (Å²) < 4.78 is 27.5. The number of hydrogen-bond acceptors (Lipinski definition) is 9. The number of likely N-dealkylation sites (N-methyl/N-ethyl adjacent to an activating group) is 1. The molecule has 0 radical (unpaired) electrons. The molecule has 1 aromatic carbocycles. The van der Waals surface area contributed by atoms with E-state index in [2.05, 4.69) is 30.2 Å². The topological polar surface area (TPSA) is 149 Å². The number of aliphatic hydroxyl groups excluding tert-OH is 1. The van der Waals surface area contributed by atoms with Gasteiger partial charge >= 0.3 is 0 Å². The number of aryl methyl sites for hydroxylation is 1. The molecular formula is C22H26N8O3S. The Hall–Kier alpha value is -3.61. The zero-order valence-corrected chi connectivity index (χ0v) is 19.7. The van der Waals surface area contributed by atoms with Crippen LogP contribution in [0.1, 0.15) is 5.69 Å². The first-order chi connectivity index (χ1) is 16.4. The van der Waals surface area contributed by atoms with E-state index in [-0.39, 0.29) is 11.6 Å². The molecule has 4 N–H and O–H groups in total. The van der Waals surface area contributed by atoms with Crippen LogP contribution < -0.4 is 10.0 Å². The zero-order valence-electron chi connectivity index (χ0n) is 18.9. The minimum atomic E-state index is -3.78. The van der Waals surface area contributed by atoms with Crippen LogP contribution in [0.4, 0.5) is 11.5 Å². The van der Waals surface area contributed by atoms with Gasteiger partial charge in [0.25, 0.3) is 10.0 Å². The molecule has 11 nitrogen and oxygen atoms in total. The maximum atomic E-state index is 12.5. The van der Waals surface area contributed by atoms with Gasteiger partial charge < -0.3 is 15.3 Å². The van der Waals surface area contributed by atoms with E-state index in [9.17, 15) is 8.42 Å². The van der Waals surface area contributed by atoms with Crippen molar-refractivity contribution in [3.05, 3.63) is 54.4 Å². The lowest BCUT2D eigenvalue weighted by Gasteiger charge is -2.16. The second-order valence-electron chi connectivity index (χ2n) is 7.73. The molecule has 0 unspecified atom stereocenters. The number of aromatic amines is 1. The summed E-state index contributed by atoms with van der Waals surface area (Å²) in [5.41, 5.74) is 2.51. The van der Waals surface area contributed by atoms with Crippen molar-refractivity contribution < 1.29 is 13.5 Å². The number of nitrogens with zero attached hydrogens (tertiary/aromatic N) is 5. The predicted molar refractivity (Wildman–Crippen MR) is 130 cm³/mol. The molecule has 12 heteroatoms.